The van der Waals surface area contributed by atoms with Gasteiger partial charge in [-0.15, -0.1) is 0 Å². The smallest absolute Gasteiger partial charge is 0.263 e. The highest BCUT2D eigenvalue weighted by atomic mass is 32.1. The van der Waals surface area contributed by atoms with Gasteiger partial charge in [0.25, 0.3) is 5.91 Å². The van der Waals surface area contributed by atoms with Crippen LogP contribution in [-0.2, 0) is 0 Å². The normalized spacial score (nSPS) is 12.9. The molecule has 6 nitrogen and oxygen atoms in total. The Balaban J connectivity index is 1.82. The minimum atomic E-state index is -0.125. The maximum absolute atomic E-state index is 11.7. The zero-order valence-electron chi connectivity index (χ0n) is 11.7. The van der Waals surface area contributed by atoms with Crippen molar-refractivity contribution in [3.8, 4) is 11.5 Å². The third kappa shape index (κ3) is 2.78. The number of hydrogen-bond donors (Lipinski definition) is 2. The summed E-state index contributed by atoms with van der Waals surface area (Å²) < 4.78 is 11.0. The lowest BCUT2D eigenvalue weighted by molar-refractivity contribution is 0.0966. The van der Waals surface area contributed by atoms with E-state index >= 15 is 0 Å². The Hall–Kier alpha value is -2.28. The molecule has 1 aromatic carbocycles. The summed E-state index contributed by atoms with van der Waals surface area (Å²) in [6.07, 6.45) is 0. The molecule has 21 heavy (non-hydrogen) atoms. The molecule has 1 aromatic heterocycles. The average Bonchev–Trinajstić information content (AvgIpc) is 2.87. The van der Waals surface area contributed by atoms with Crippen molar-refractivity contribution in [2.24, 2.45) is 0 Å². The van der Waals surface area contributed by atoms with Crippen molar-refractivity contribution >= 4 is 28.1 Å². The molecule has 0 radical (unpaired) electrons. The third-order valence-electron chi connectivity index (χ3n) is 3.02. The fraction of sp³-hybridized carbons (Fsp3) is 0.286. The van der Waals surface area contributed by atoms with Gasteiger partial charge in [0.05, 0.1) is 5.69 Å². The zero-order chi connectivity index (χ0) is 14.8. The highest BCUT2D eigenvalue weighted by Gasteiger charge is 2.15. The monoisotopic (exact) mass is 305 g/mol. The Labute approximate surface area is 126 Å². The van der Waals surface area contributed by atoms with Crippen LogP contribution in [-0.4, -0.2) is 31.2 Å². The highest BCUT2D eigenvalue weighted by molar-refractivity contribution is 7.17. The summed E-state index contributed by atoms with van der Waals surface area (Å²) in [7, 11) is 1.61. The van der Waals surface area contributed by atoms with Crippen LogP contribution in [0.3, 0.4) is 0 Å². The van der Waals surface area contributed by atoms with E-state index in [1.54, 1.807) is 7.05 Å². The lowest BCUT2D eigenvalue weighted by Gasteiger charge is -2.18. The maximum atomic E-state index is 11.7. The van der Waals surface area contributed by atoms with Gasteiger partial charge >= 0.3 is 0 Å². The van der Waals surface area contributed by atoms with Crippen molar-refractivity contribution < 1.29 is 14.3 Å². The van der Waals surface area contributed by atoms with Crippen molar-refractivity contribution in [1.82, 2.24) is 10.3 Å². The molecular weight excluding hydrogens is 290 g/mol. The molecule has 0 unspecified atom stereocenters. The molecule has 0 saturated heterocycles. The molecule has 1 amide bonds. The summed E-state index contributed by atoms with van der Waals surface area (Å²) in [5.41, 5.74) is 1.55. The minimum Gasteiger partial charge on any atom is -0.486 e. The Morgan fingerprint density at radius 3 is 2.81 bits per heavy atom. The van der Waals surface area contributed by atoms with E-state index < -0.39 is 0 Å². The Kier molecular flexibility index (Phi) is 3.66. The minimum absolute atomic E-state index is 0.125. The first-order valence-electron chi connectivity index (χ1n) is 6.53. The molecule has 0 fully saturated rings. The van der Waals surface area contributed by atoms with Crippen LogP contribution in [0.2, 0.25) is 0 Å². The number of carbonyl (C=O) groups is 1. The molecule has 0 bridgehead atoms. The van der Waals surface area contributed by atoms with Gasteiger partial charge in [-0.3, -0.25) is 4.79 Å². The quantitative estimate of drug-likeness (QED) is 0.910. The standard InChI is InChI=1S/C14H15N3O3S/c1-8-12(13(18)15-2)21-14(16-8)17-9-3-4-10-11(7-9)20-6-5-19-10/h3-4,7H,5-6H2,1-2H3,(H,15,18)(H,16,17). The van der Waals surface area contributed by atoms with E-state index in [-0.39, 0.29) is 5.91 Å². The van der Waals surface area contributed by atoms with E-state index in [1.165, 1.54) is 11.3 Å². The van der Waals surface area contributed by atoms with Gasteiger partial charge < -0.3 is 20.1 Å². The molecule has 2 N–H and O–H groups in total. The van der Waals surface area contributed by atoms with Crippen LogP contribution in [0.4, 0.5) is 10.8 Å². The molecule has 0 aliphatic carbocycles. The number of hydrogen-bond acceptors (Lipinski definition) is 6. The summed E-state index contributed by atoms with van der Waals surface area (Å²) in [5, 5.41) is 6.46. The Morgan fingerprint density at radius 1 is 1.29 bits per heavy atom. The molecule has 1 aliphatic rings. The van der Waals surface area contributed by atoms with Gasteiger partial charge in [0.1, 0.15) is 18.1 Å². The van der Waals surface area contributed by atoms with Gasteiger partial charge in [-0.2, -0.15) is 0 Å². The fourth-order valence-electron chi connectivity index (χ4n) is 2.02. The molecule has 2 aromatic rings. The number of thiazole rings is 1. The molecule has 0 saturated carbocycles. The maximum Gasteiger partial charge on any atom is 0.263 e. The van der Waals surface area contributed by atoms with Crippen LogP contribution in [0.5, 0.6) is 11.5 Å². The van der Waals surface area contributed by atoms with E-state index in [0.717, 1.165) is 11.4 Å². The Morgan fingerprint density at radius 2 is 2.05 bits per heavy atom. The largest absolute Gasteiger partial charge is 0.486 e. The summed E-state index contributed by atoms with van der Waals surface area (Å²) in [6.45, 7) is 2.94. The lowest BCUT2D eigenvalue weighted by Crippen LogP contribution is -2.17. The van der Waals surface area contributed by atoms with E-state index in [0.29, 0.717) is 34.7 Å². The van der Waals surface area contributed by atoms with Crippen LogP contribution in [0.1, 0.15) is 15.4 Å². The summed E-state index contributed by atoms with van der Waals surface area (Å²) in [5.74, 6) is 1.33. The molecular formula is C14H15N3O3S. The van der Waals surface area contributed by atoms with Crippen LogP contribution in [0, 0.1) is 6.92 Å². The molecule has 3 rings (SSSR count). The SMILES string of the molecule is CNC(=O)c1sc(Nc2ccc3c(c2)OCCO3)nc1C. The summed E-state index contributed by atoms with van der Waals surface area (Å²) >= 11 is 1.32. The average molecular weight is 305 g/mol. The molecule has 110 valence electrons. The van der Waals surface area contributed by atoms with Crippen LogP contribution < -0.4 is 20.1 Å². The second kappa shape index (κ2) is 5.61. The zero-order valence-corrected chi connectivity index (χ0v) is 12.5. The second-order valence-electron chi connectivity index (χ2n) is 4.50. The van der Waals surface area contributed by atoms with Gasteiger partial charge in [-0.25, -0.2) is 4.98 Å². The van der Waals surface area contributed by atoms with Crippen LogP contribution in [0.15, 0.2) is 18.2 Å². The van der Waals surface area contributed by atoms with Crippen molar-refractivity contribution in [2.45, 2.75) is 6.92 Å². The van der Waals surface area contributed by atoms with Gasteiger partial charge in [-0.05, 0) is 19.1 Å². The second-order valence-corrected chi connectivity index (χ2v) is 5.50. The van der Waals surface area contributed by atoms with Crippen molar-refractivity contribution in [3.63, 3.8) is 0 Å². The number of benzene rings is 1. The first kappa shape index (κ1) is 13.7. The molecule has 7 heteroatoms. The number of rotatable bonds is 3. The lowest BCUT2D eigenvalue weighted by atomic mass is 10.2. The number of aromatic nitrogens is 1. The van der Waals surface area contributed by atoms with Gasteiger partial charge in [0.15, 0.2) is 16.6 Å². The van der Waals surface area contributed by atoms with E-state index in [4.69, 9.17) is 9.47 Å². The van der Waals surface area contributed by atoms with Crippen molar-refractivity contribution in [3.05, 3.63) is 28.8 Å². The van der Waals surface area contributed by atoms with Gasteiger partial charge in [0.2, 0.25) is 0 Å². The first-order valence-corrected chi connectivity index (χ1v) is 7.35. The third-order valence-corrected chi connectivity index (χ3v) is 4.09. The number of nitrogens with one attached hydrogen (secondary N) is 2. The molecule has 0 atom stereocenters. The summed E-state index contributed by atoms with van der Waals surface area (Å²) in [6, 6.07) is 5.62. The van der Waals surface area contributed by atoms with Crippen molar-refractivity contribution in [1.29, 1.82) is 0 Å². The van der Waals surface area contributed by atoms with Crippen LogP contribution >= 0.6 is 11.3 Å². The highest BCUT2D eigenvalue weighted by Crippen LogP contribution is 2.34. The van der Waals surface area contributed by atoms with Gasteiger partial charge in [-0.1, -0.05) is 11.3 Å². The number of ether oxygens (including phenoxy) is 2. The van der Waals surface area contributed by atoms with E-state index in [1.807, 2.05) is 25.1 Å². The van der Waals surface area contributed by atoms with Gasteiger partial charge in [0, 0.05) is 18.8 Å². The number of fused-ring (bicyclic) bond motifs is 1. The topological polar surface area (TPSA) is 72.5 Å². The molecule has 2 heterocycles. The van der Waals surface area contributed by atoms with E-state index in [9.17, 15) is 4.79 Å². The van der Waals surface area contributed by atoms with E-state index in [2.05, 4.69) is 15.6 Å². The first-order chi connectivity index (χ1) is 10.2. The number of aryl methyl sites for hydroxylation is 1. The Bertz CT molecular complexity index is 684. The van der Waals surface area contributed by atoms with Crippen LogP contribution in [0.25, 0.3) is 0 Å². The number of anilines is 2. The molecule has 1 aliphatic heterocycles. The predicted octanol–water partition coefficient (Wildman–Crippen LogP) is 2.33. The summed E-state index contributed by atoms with van der Waals surface area (Å²) in [4.78, 5) is 16.7. The predicted molar refractivity (Wildman–Crippen MR) is 81.0 cm³/mol. The number of amides is 1. The fourth-order valence-corrected chi connectivity index (χ4v) is 2.95. The number of carbonyl (C=O) groups excluding carboxylic acids is 1. The molecule has 0 spiro atoms. The number of nitrogens with zero attached hydrogens (tertiary/aromatic N) is 1. The van der Waals surface area contributed by atoms with Crippen molar-refractivity contribution in [2.75, 3.05) is 25.6 Å².